The first kappa shape index (κ1) is 24.4. The Morgan fingerprint density at radius 2 is 1.79 bits per heavy atom. The number of aryl methyl sites for hydroxylation is 1. The molecule has 0 amide bonds. The van der Waals surface area contributed by atoms with Crippen LogP contribution in [0.1, 0.15) is 44.0 Å². The number of hydrogen-bond acceptors (Lipinski definition) is 4. The highest BCUT2D eigenvalue weighted by atomic mass is 127. The van der Waals surface area contributed by atoms with Crippen LogP contribution >= 0.6 is 24.0 Å². The van der Waals surface area contributed by atoms with Crippen LogP contribution in [0.15, 0.2) is 35.3 Å². The van der Waals surface area contributed by atoms with E-state index in [2.05, 4.69) is 81.8 Å². The van der Waals surface area contributed by atoms with Gasteiger partial charge in [-0.3, -0.25) is 4.90 Å². The average molecular weight is 499 g/mol. The van der Waals surface area contributed by atoms with E-state index in [4.69, 9.17) is 0 Å². The van der Waals surface area contributed by atoms with Crippen molar-refractivity contribution in [3.63, 3.8) is 0 Å². The number of hydrogen-bond donors (Lipinski definition) is 2. The first-order valence-electron chi connectivity index (χ1n) is 9.76. The van der Waals surface area contributed by atoms with Gasteiger partial charge in [0.25, 0.3) is 0 Å². The Kier molecular flexibility index (Phi) is 11.1. The van der Waals surface area contributed by atoms with Crippen molar-refractivity contribution in [2.75, 3.05) is 26.2 Å². The Bertz CT molecular complexity index is 711. The lowest BCUT2D eigenvalue weighted by Gasteiger charge is -2.30. The van der Waals surface area contributed by atoms with Crippen molar-refractivity contribution < 1.29 is 0 Å². The van der Waals surface area contributed by atoms with Crippen LogP contribution in [0.3, 0.4) is 0 Å². The highest BCUT2D eigenvalue weighted by molar-refractivity contribution is 14.0. The molecule has 2 rings (SSSR count). The number of guanidine groups is 1. The molecule has 7 nitrogen and oxygen atoms in total. The second-order valence-electron chi connectivity index (χ2n) is 6.45. The number of benzene rings is 1. The predicted molar refractivity (Wildman–Crippen MR) is 126 cm³/mol. The number of rotatable bonds is 9. The molecular weight excluding hydrogens is 465 g/mol. The number of aliphatic imine (C=N–C) groups is 1. The number of nitrogens with one attached hydrogen (secondary N) is 2. The second kappa shape index (κ2) is 12.7. The number of halogens is 1. The van der Waals surface area contributed by atoms with Gasteiger partial charge in [-0.15, -0.1) is 34.2 Å². The van der Waals surface area contributed by atoms with Crippen LogP contribution in [-0.4, -0.2) is 51.8 Å². The van der Waals surface area contributed by atoms with Gasteiger partial charge < -0.3 is 15.2 Å². The summed E-state index contributed by atoms with van der Waals surface area (Å²) in [5.41, 5.74) is 1.31. The zero-order chi connectivity index (χ0) is 19.6. The van der Waals surface area contributed by atoms with Gasteiger partial charge in [0, 0.05) is 20.1 Å². The Balaban J connectivity index is 0.00000392. The molecule has 8 heteroatoms. The Morgan fingerprint density at radius 1 is 1.11 bits per heavy atom. The Morgan fingerprint density at radius 3 is 2.32 bits per heavy atom. The van der Waals surface area contributed by atoms with Crippen LogP contribution < -0.4 is 10.6 Å². The number of aromatic nitrogens is 3. The van der Waals surface area contributed by atoms with Gasteiger partial charge in [0.05, 0.1) is 6.04 Å². The molecule has 1 unspecified atom stereocenters. The molecule has 1 atom stereocenters. The van der Waals surface area contributed by atoms with Crippen LogP contribution in [0.2, 0.25) is 0 Å². The van der Waals surface area contributed by atoms with Crippen molar-refractivity contribution in [3.8, 4) is 0 Å². The minimum absolute atomic E-state index is 0. The third-order valence-corrected chi connectivity index (χ3v) is 4.81. The monoisotopic (exact) mass is 499 g/mol. The average Bonchev–Trinajstić information content (AvgIpc) is 3.01. The van der Waals surface area contributed by atoms with E-state index in [0.717, 1.165) is 43.8 Å². The van der Waals surface area contributed by atoms with Crippen LogP contribution in [-0.2, 0) is 13.6 Å². The summed E-state index contributed by atoms with van der Waals surface area (Å²) in [6.07, 6.45) is 0. The fourth-order valence-electron chi connectivity index (χ4n) is 3.07. The van der Waals surface area contributed by atoms with E-state index in [0.29, 0.717) is 12.6 Å². The molecule has 1 heterocycles. The molecule has 0 radical (unpaired) electrons. The largest absolute Gasteiger partial charge is 0.357 e. The van der Waals surface area contributed by atoms with Crippen LogP contribution in [0.4, 0.5) is 0 Å². The minimum Gasteiger partial charge on any atom is -0.357 e. The van der Waals surface area contributed by atoms with E-state index in [1.807, 2.05) is 18.5 Å². The van der Waals surface area contributed by atoms with Gasteiger partial charge in [-0.2, -0.15) is 0 Å². The van der Waals surface area contributed by atoms with Gasteiger partial charge in [-0.1, -0.05) is 44.2 Å². The molecule has 0 saturated carbocycles. The fraction of sp³-hybridized carbons (Fsp3) is 0.550. The van der Waals surface area contributed by atoms with Crippen molar-refractivity contribution in [1.82, 2.24) is 30.3 Å². The highest BCUT2D eigenvalue weighted by Gasteiger charge is 2.18. The lowest BCUT2D eigenvalue weighted by molar-refractivity contribution is 0.219. The van der Waals surface area contributed by atoms with Crippen molar-refractivity contribution in [3.05, 3.63) is 47.5 Å². The van der Waals surface area contributed by atoms with Crippen molar-refractivity contribution in [2.24, 2.45) is 12.0 Å². The lowest BCUT2D eigenvalue weighted by atomic mass is 10.1. The Hall–Kier alpha value is -1.68. The smallest absolute Gasteiger partial charge is 0.191 e. The molecule has 0 spiro atoms. The topological polar surface area (TPSA) is 70.4 Å². The maximum atomic E-state index is 4.69. The predicted octanol–water partition coefficient (Wildman–Crippen LogP) is 2.88. The quantitative estimate of drug-likeness (QED) is 0.316. The van der Waals surface area contributed by atoms with E-state index in [9.17, 15) is 0 Å². The molecule has 0 bridgehead atoms. The summed E-state index contributed by atoms with van der Waals surface area (Å²) in [4.78, 5) is 7.14. The van der Waals surface area contributed by atoms with E-state index in [-0.39, 0.29) is 24.0 Å². The van der Waals surface area contributed by atoms with Gasteiger partial charge in [-0.05, 0) is 32.5 Å². The third-order valence-electron chi connectivity index (χ3n) is 4.81. The van der Waals surface area contributed by atoms with Crippen LogP contribution in [0.5, 0.6) is 0 Å². The van der Waals surface area contributed by atoms with Gasteiger partial charge in [-0.25, -0.2) is 4.99 Å². The van der Waals surface area contributed by atoms with Crippen molar-refractivity contribution in [2.45, 2.75) is 40.3 Å². The SMILES string of the molecule is CCNC(=NCc1nnc(C)n1C)NCC(c1ccccc1)N(CC)CC.I. The summed E-state index contributed by atoms with van der Waals surface area (Å²) in [5.74, 6) is 2.54. The van der Waals surface area contributed by atoms with E-state index < -0.39 is 0 Å². The zero-order valence-corrected chi connectivity index (χ0v) is 20.0. The van der Waals surface area contributed by atoms with Crippen LogP contribution in [0, 0.1) is 6.92 Å². The summed E-state index contributed by atoms with van der Waals surface area (Å²) in [6.45, 7) is 12.5. The van der Waals surface area contributed by atoms with Gasteiger partial charge >= 0.3 is 0 Å². The second-order valence-corrected chi connectivity index (χ2v) is 6.45. The molecule has 0 aliphatic carbocycles. The number of likely N-dealkylation sites (N-methyl/N-ethyl adjacent to an activating group) is 1. The van der Waals surface area contributed by atoms with Gasteiger partial charge in [0.2, 0.25) is 0 Å². The zero-order valence-electron chi connectivity index (χ0n) is 17.6. The minimum atomic E-state index is 0. The maximum absolute atomic E-state index is 4.69. The van der Waals surface area contributed by atoms with Gasteiger partial charge in [0.15, 0.2) is 11.8 Å². The third kappa shape index (κ3) is 6.73. The molecular formula is C20H34IN7. The maximum Gasteiger partial charge on any atom is 0.191 e. The fourth-order valence-corrected chi connectivity index (χ4v) is 3.07. The Labute approximate surface area is 186 Å². The van der Waals surface area contributed by atoms with Gasteiger partial charge in [0.1, 0.15) is 12.4 Å². The molecule has 2 aromatic rings. The molecule has 0 aliphatic rings. The van der Waals surface area contributed by atoms with E-state index >= 15 is 0 Å². The summed E-state index contributed by atoms with van der Waals surface area (Å²) >= 11 is 0. The molecule has 0 fully saturated rings. The van der Waals surface area contributed by atoms with Crippen molar-refractivity contribution in [1.29, 1.82) is 0 Å². The first-order chi connectivity index (χ1) is 13.1. The highest BCUT2D eigenvalue weighted by Crippen LogP contribution is 2.19. The standard InChI is InChI=1S/C20H33N7.HI/c1-6-21-20(23-15-19-25-24-16(4)26(19)5)22-14-18(27(7-2)8-3)17-12-10-9-11-13-17;/h9-13,18H,6-8,14-15H2,1-5H3,(H2,21,22,23);1H. The molecule has 0 aliphatic heterocycles. The summed E-state index contributed by atoms with van der Waals surface area (Å²) < 4.78 is 1.97. The molecule has 2 N–H and O–H groups in total. The lowest BCUT2D eigenvalue weighted by Crippen LogP contribution is -2.43. The van der Waals surface area contributed by atoms with E-state index in [1.165, 1.54) is 5.56 Å². The molecule has 1 aromatic carbocycles. The molecule has 156 valence electrons. The van der Waals surface area contributed by atoms with Crippen molar-refractivity contribution >= 4 is 29.9 Å². The summed E-state index contributed by atoms with van der Waals surface area (Å²) in [7, 11) is 1.96. The molecule has 0 saturated heterocycles. The van der Waals surface area contributed by atoms with E-state index in [1.54, 1.807) is 0 Å². The van der Waals surface area contributed by atoms with Crippen LogP contribution in [0.25, 0.3) is 0 Å². The normalized spacial score (nSPS) is 12.6. The number of nitrogens with zero attached hydrogens (tertiary/aromatic N) is 5. The molecule has 1 aromatic heterocycles. The molecule has 28 heavy (non-hydrogen) atoms. The summed E-state index contributed by atoms with van der Waals surface area (Å²) in [6, 6.07) is 10.9. The first-order valence-corrected chi connectivity index (χ1v) is 9.76. The summed E-state index contributed by atoms with van der Waals surface area (Å²) in [5, 5.41) is 15.1.